The van der Waals surface area contributed by atoms with Gasteiger partial charge in [0.25, 0.3) is 0 Å². The van der Waals surface area contributed by atoms with E-state index in [2.05, 4.69) is 0 Å². The quantitative estimate of drug-likeness (QED) is 0.133. The summed E-state index contributed by atoms with van der Waals surface area (Å²) >= 11 is 0. The first kappa shape index (κ1) is 37.2. The minimum atomic E-state index is -1.03. The van der Waals surface area contributed by atoms with Crippen molar-refractivity contribution >= 4 is 35.5 Å². The minimum Gasteiger partial charge on any atom is -0.480 e. The van der Waals surface area contributed by atoms with Gasteiger partial charge in [0, 0.05) is 58.0 Å². The van der Waals surface area contributed by atoms with Crippen molar-refractivity contribution in [2.75, 3.05) is 77.7 Å². The summed E-state index contributed by atoms with van der Waals surface area (Å²) in [6, 6.07) is 5.60. The Balaban J connectivity index is 0.00000139. The molecule has 9 N–H and O–H groups in total. The number of nitrogens with zero attached hydrogens (tertiary/aromatic N) is 4. The van der Waals surface area contributed by atoms with Gasteiger partial charge in [-0.2, -0.15) is 0 Å². The lowest BCUT2D eigenvalue weighted by molar-refractivity contribution is -0.145. The van der Waals surface area contributed by atoms with Crippen molar-refractivity contribution in [3.8, 4) is 0 Å². The van der Waals surface area contributed by atoms with E-state index >= 15 is 0 Å². The van der Waals surface area contributed by atoms with Crippen LogP contribution in [0.3, 0.4) is 0 Å². The fourth-order valence-electron chi connectivity index (χ4n) is 4.36. The van der Waals surface area contributed by atoms with Gasteiger partial charge in [-0.1, -0.05) is 12.1 Å². The fourth-order valence-corrected chi connectivity index (χ4v) is 4.36. The van der Waals surface area contributed by atoms with Gasteiger partial charge >= 0.3 is 29.8 Å². The molecule has 2 rings (SSSR count). The van der Waals surface area contributed by atoms with Gasteiger partial charge in [0.1, 0.15) is 12.1 Å². The van der Waals surface area contributed by atoms with Crippen LogP contribution in [0.2, 0.25) is 0 Å². The number of nitrogens with two attached hydrogens (primary N) is 2. The maximum atomic E-state index is 12.3. The molecule has 0 aromatic heterocycles. The lowest BCUT2D eigenvalue weighted by Gasteiger charge is -2.35. The van der Waals surface area contributed by atoms with Crippen LogP contribution in [-0.4, -0.2) is 159 Å². The molecule has 0 aliphatic carbocycles. The molecule has 16 heteroatoms. The topological polar surface area (TPSA) is 251 Å². The summed E-state index contributed by atoms with van der Waals surface area (Å²) in [5.41, 5.74) is 12.1. The number of hydrogen-bond donors (Lipinski definition) is 7. The van der Waals surface area contributed by atoms with Crippen LogP contribution in [0.25, 0.3) is 0 Å². The standard InChI is InChI=1S/C24H37N5O8.C3H7NO2/c25-19-4-1-18(2-5-19)3-6-20(24(36)37)29-13-11-27(16-22(32)33)9-7-26(15-21(30)31)8-10-28(12-14-29)17-23(34)35;1-2(4)3(5)6/h1-2,4-5,20H,3,6-17,25H2,(H,30,31)(H,32,33)(H,34,35)(H,36,37);2H,4H2,1H3,(H,5,6)/t;2-/m.0/s1. The number of hydrogen-bond acceptors (Lipinski definition) is 11. The van der Waals surface area contributed by atoms with Crippen molar-refractivity contribution in [3.05, 3.63) is 29.8 Å². The van der Waals surface area contributed by atoms with E-state index in [4.69, 9.17) is 16.6 Å². The van der Waals surface area contributed by atoms with Gasteiger partial charge in [0.2, 0.25) is 0 Å². The van der Waals surface area contributed by atoms with Crippen LogP contribution in [0.5, 0.6) is 0 Å². The number of aryl methyl sites for hydroxylation is 1. The van der Waals surface area contributed by atoms with Gasteiger partial charge in [0.05, 0.1) is 19.6 Å². The van der Waals surface area contributed by atoms with Crippen LogP contribution in [-0.2, 0) is 30.4 Å². The summed E-state index contributed by atoms with van der Waals surface area (Å²) in [5.74, 6) is -5.07. The van der Waals surface area contributed by atoms with Crippen molar-refractivity contribution in [2.45, 2.75) is 31.8 Å². The van der Waals surface area contributed by atoms with Crippen LogP contribution >= 0.6 is 0 Å². The second-order valence-corrected chi connectivity index (χ2v) is 10.3. The third kappa shape index (κ3) is 16.4. The monoisotopic (exact) mass is 612 g/mol. The smallest absolute Gasteiger partial charge is 0.320 e. The number of nitrogen functional groups attached to an aromatic ring is 1. The summed E-state index contributed by atoms with van der Waals surface area (Å²) in [4.78, 5) is 62.7. The zero-order chi connectivity index (χ0) is 32.5. The van der Waals surface area contributed by atoms with E-state index in [1.807, 2.05) is 12.1 Å². The highest BCUT2D eigenvalue weighted by molar-refractivity contribution is 5.73. The summed E-state index contributed by atoms with van der Waals surface area (Å²) < 4.78 is 0. The zero-order valence-electron chi connectivity index (χ0n) is 24.4. The highest BCUT2D eigenvalue weighted by Crippen LogP contribution is 2.14. The number of aliphatic carboxylic acids is 5. The number of carbonyl (C=O) groups is 5. The average molecular weight is 613 g/mol. The van der Waals surface area contributed by atoms with Gasteiger partial charge in [0.15, 0.2) is 0 Å². The second kappa shape index (κ2) is 19.4. The van der Waals surface area contributed by atoms with Crippen molar-refractivity contribution < 1.29 is 49.5 Å². The van der Waals surface area contributed by atoms with Gasteiger partial charge in [-0.3, -0.25) is 43.6 Å². The molecule has 1 fully saturated rings. The summed E-state index contributed by atoms with van der Waals surface area (Å²) in [6.07, 6.45) is 0.805. The van der Waals surface area contributed by atoms with Crippen molar-refractivity contribution in [2.24, 2.45) is 5.73 Å². The Morgan fingerprint density at radius 1 is 0.674 bits per heavy atom. The van der Waals surface area contributed by atoms with Gasteiger partial charge in [-0.15, -0.1) is 0 Å². The maximum absolute atomic E-state index is 12.3. The molecule has 0 saturated carbocycles. The highest BCUT2D eigenvalue weighted by atomic mass is 16.4. The number of carboxylic acid groups (broad SMARTS) is 5. The first-order chi connectivity index (χ1) is 20.2. The predicted molar refractivity (Wildman–Crippen MR) is 156 cm³/mol. The SMILES string of the molecule is C[C@H](N)C(=O)O.Nc1ccc(CCC(C(=O)O)N2CCN(CC(=O)O)CCN(CC(=O)O)CCN(CC(=O)O)CC2)cc1. The summed E-state index contributed by atoms with van der Waals surface area (Å²) in [6.45, 7) is 2.78. The molecular weight excluding hydrogens is 568 g/mol. The molecule has 0 spiro atoms. The van der Waals surface area contributed by atoms with Crippen molar-refractivity contribution in [1.82, 2.24) is 19.6 Å². The van der Waals surface area contributed by atoms with Crippen LogP contribution < -0.4 is 11.5 Å². The molecule has 1 unspecified atom stereocenters. The molecule has 1 aliphatic rings. The number of anilines is 1. The van der Waals surface area contributed by atoms with Gasteiger partial charge < -0.3 is 37.0 Å². The van der Waals surface area contributed by atoms with E-state index in [9.17, 15) is 44.4 Å². The molecule has 1 aliphatic heterocycles. The summed E-state index contributed by atoms with van der Waals surface area (Å²) in [5, 5.41) is 45.8. The van der Waals surface area contributed by atoms with Crippen LogP contribution in [0, 0.1) is 0 Å². The van der Waals surface area contributed by atoms with E-state index in [-0.39, 0.29) is 72.0 Å². The molecule has 1 heterocycles. The number of rotatable bonds is 12. The maximum Gasteiger partial charge on any atom is 0.320 e. The fraction of sp³-hybridized carbons (Fsp3) is 0.593. The molecule has 2 atom stereocenters. The third-order valence-corrected chi connectivity index (χ3v) is 6.75. The molecule has 43 heavy (non-hydrogen) atoms. The molecule has 0 radical (unpaired) electrons. The predicted octanol–water partition coefficient (Wildman–Crippen LogP) is -1.45. The van der Waals surface area contributed by atoms with E-state index < -0.39 is 41.9 Å². The van der Waals surface area contributed by atoms with Gasteiger partial charge in [-0.05, 0) is 37.5 Å². The molecule has 16 nitrogen and oxygen atoms in total. The Labute approximate surface area is 250 Å². The number of carboxylic acids is 5. The highest BCUT2D eigenvalue weighted by Gasteiger charge is 2.28. The summed E-state index contributed by atoms with van der Waals surface area (Å²) in [7, 11) is 0. The molecule has 0 amide bonds. The third-order valence-electron chi connectivity index (χ3n) is 6.75. The number of benzene rings is 1. The zero-order valence-corrected chi connectivity index (χ0v) is 24.4. The van der Waals surface area contributed by atoms with Crippen LogP contribution in [0.15, 0.2) is 24.3 Å². The Kier molecular flexibility index (Phi) is 16.8. The van der Waals surface area contributed by atoms with Gasteiger partial charge in [-0.25, -0.2) is 0 Å². The van der Waals surface area contributed by atoms with E-state index in [1.54, 1.807) is 31.7 Å². The van der Waals surface area contributed by atoms with E-state index in [1.165, 1.54) is 6.92 Å². The molecule has 1 saturated heterocycles. The lowest BCUT2D eigenvalue weighted by Crippen LogP contribution is -2.51. The Morgan fingerprint density at radius 3 is 1.33 bits per heavy atom. The van der Waals surface area contributed by atoms with Crippen molar-refractivity contribution in [3.63, 3.8) is 0 Å². The van der Waals surface area contributed by atoms with E-state index in [0.717, 1.165) is 5.56 Å². The Bertz CT molecular complexity index is 1020. The lowest BCUT2D eigenvalue weighted by atomic mass is 10.0. The molecule has 0 bridgehead atoms. The van der Waals surface area contributed by atoms with Crippen LogP contribution in [0.4, 0.5) is 5.69 Å². The first-order valence-electron chi connectivity index (χ1n) is 13.8. The first-order valence-corrected chi connectivity index (χ1v) is 13.8. The molecule has 1 aromatic carbocycles. The normalized spacial score (nSPS) is 17.7. The van der Waals surface area contributed by atoms with Crippen LogP contribution in [0.1, 0.15) is 18.9 Å². The second-order valence-electron chi connectivity index (χ2n) is 10.3. The molecule has 242 valence electrons. The minimum absolute atomic E-state index is 0.250. The Hall–Kier alpha value is -3.83. The van der Waals surface area contributed by atoms with E-state index in [0.29, 0.717) is 18.5 Å². The van der Waals surface area contributed by atoms with Crippen molar-refractivity contribution in [1.29, 1.82) is 0 Å². The Morgan fingerprint density at radius 2 is 1.02 bits per heavy atom. The molecular formula is C27H44N6O10. The molecule has 1 aromatic rings. The largest absolute Gasteiger partial charge is 0.480 e. The average Bonchev–Trinajstić information content (AvgIpc) is 2.90.